The van der Waals surface area contributed by atoms with Crippen molar-refractivity contribution in [2.24, 2.45) is 0 Å². The number of carbonyl (C=O) groups is 1. The van der Waals surface area contributed by atoms with Crippen molar-refractivity contribution in [2.45, 2.75) is 66.1 Å². The van der Waals surface area contributed by atoms with Crippen molar-refractivity contribution in [3.63, 3.8) is 0 Å². The number of pyridine rings is 1. The van der Waals surface area contributed by atoms with Crippen molar-refractivity contribution in [3.8, 4) is 5.88 Å². The summed E-state index contributed by atoms with van der Waals surface area (Å²) in [5.74, 6) is 0.0234. The molecule has 3 aromatic rings. The number of ether oxygens (including phenoxy) is 1. The highest BCUT2D eigenvalue weighted by Crippen LogP contribution is 2.36. The molecule has 1 aliphatic rings. The van der Waals surface area contributed by atoms with Gasteiger partial charge in [-0.25, -0.2) is 26.5 Å². The highest BCUT2D eigenvalue weighted by Gasteiger charge is 2.39. The van der Waals surface area contributed by atoms with Gasteiger partial charge in [-0.05, 0) is 70.0 Å². The number of alkyl halides is 3. The van der Waals surface area contributed by atoms with E-state index in [2.05, 4.69) is 9.71 Å². The highest BCUT2D eigenvalue weighted by molar-refractivity contribution is 7.91. The van der Waals surface area contributed by atoms with Crippen LogP contribution in [0.5, 0.6) is 5.88 Å². The first-order valence-corrected chi connectivity index (χ1v) is 15.9. The lowest BCUT2D eigenvalue weighted by Gasteiger charge is -2.32. The molecule has 4 rings (SSSR count). The van der Waals surface area contributed by atoms with Gasteiger partial charge in [-0.3, -0.25) is 4.79 Å². The molecule has 2 heterocycles. The van der Waals surface area contributed by atoms with Crippen LogP contribution in [0, 0.1) is 0 Å². The summed E-state index contributed by atoms with van der Waals surface area (Å²) in [7, 11) is -9.10. The Labute approximate surface area is 242 Å². The third-order valence-corrected chi connectivity index (χ3v) is 9.74. The number of amides is 1. The van der Waals surface area contributed by atoms with E-state index in [9.17, 15) is 34.8 Å². The van der Waals surface area contributed by atoms with E-state index in [0.29, 0.717) is 23.6 Å². The summed E-state index contributed by atoms with van der Waals surface area (Å²) < 4.78 is 102. The second kappa shape index (κ2) is 11.7. The monoisotopic (exact) mass is 625 g/mol. The number of piperidine rings is 1. The predicted molar refractivity (Wildman–Crippen MR) is 147 cm³/mol. The standard InChI is InChI=1S/C28H30F3N3O6S2/c1-27(2,3)40-25-12-9-19(18-32-25)26(35)34-15-13-20(14-16-34)33-42(38,39)24-17-22(10-11-23(24)28(29,30)31)41(36,37)21-7-5-4-6-8-21/h4-12,17-18,20,33H,13-16H2,1-3H3. The fourth-order valence-corrected chi connectivity index (χ4v) is 7.35. The fraction of sp³-hybridized carbons (Fsp3) is 0.357. The third-order valence-electron chi connectivity index (χ3n) is 6.41. The molecule has 0 spiro atoms. The predicted octanol–water partition coefficient (Wildman–Crippen LogP) is 4.69. The second-order valence-corrected chi connectivity index (χ2v) is 14.4. The lowest BCUT2D eigenvalue weighted by atomic mass is 10.1. The molecular weight excluding hydrogens is 595 g/mol. The van der Waals surface area contributed by atoms with E-state index in [0.717, 1.165) is 6.07 Å². The van der Waals surface area contributed by atoms with Gasteiger partial charge >= 0.3 is 6.18 Å². The number of sulfone groups is 1. The Balaban J connectivity index is 1.50. The first kappa shape index (κ1) is 31.4. The van der Waals surface area contributed by atoms with Crippen LogP contribution in [0.1, 0.15) is 49.5 Å². The van der Waals surface area contributed by atoms with E-state index in [1.807, 2.05) is 20.8 Å². The van der Waals surface area contributed by atoms with Crippen LogP contribution >= 0.6 is 0 Å². The van der Waals surface area contributed by atoms with Crippen molar-refractivity contribution < 1.29 is 39.5 Å². The number of nitrogens with one attached hydrogen (secondary N) is 1. The van der Waals surface area contributed by atoms with E-state index in [4.69, 9.17) is 4.74 Å². The van der Waals surface area contributed by atoms with Crippen LogP contribution in [0.25, 0.3) is 0 Å². The van der Waals surface area contributed by atoms with Crippen molar-refractivity contribution in [1.29, 1.82) is 0 Å². The topological polar surface area (TPSA) is 123 Å². The molecule has 42 heavy (non-hydrogen) atoms. The Bertz CT molecular complexity index is 1650. The summed E-state index contributed by atoms with van der Waals surface area (Å²) >= 11 is 0. The van der Waals surface area contributed by atoms with Gasteiger partial charge in [0.2, 0.25) is 25.7 Å². The molecule has 1 fully saturated rings. The summed E-state index contributed by atoms with van der Waals surface area (Å²) in [5, 5.41) is 0. The van der Waals surface area contributed by atoms with E-state index < -0.39 is 53.0 Å². The molecule has 1 aliphatic heterocycles. The first-order valence-electron chi connectivity index (χ1n) is 13.0. The molecule has 9 nitrogen and oxygen atoms in total. The fourth-order valence-electron chi connectivity index (χ4n) is 4.41. The van der Waals surface area contributed by atoms with Crippen LogP contribution in [-0.2, 0) is 26.0 Å². The van der Waals surface area contributed by atoms with Gasteiger partial charge in [0.15, 0.2) is 0 Å². The van der Waals surface area contributed by atoms with E-state index in [-0.39, 0.29) is 36.7 Å². The molecule has 2 aromatic carbocycles. The molecule has 0 aliphatic carbocycles. The molecule has 1 saturated heterocycles. The minimum atomic E-state index is -5.06. The maximum Gasteiger partial charge on any atom is 0.417 e. The molecule has 0 atom stereocenters. The number of aromatic nitrogens is 1. The number of sulfonamides is 1. The molecule has 1 N–H and O–H groups in total. The molecule has 1 aromatic heterocycles. The average molecular weight is 626 g/mol. The van der Waals surface area contributed by atoms with Crippen LogP contribution in [-0.4, -0.2) is 57.4 Å². The van der Waals surface area contributed by atoms with Crippen molar-refractivity contribution in [2.75, 3.05) is 13.1 Å². The molecule has 1 amide bonds. The van der Waals surface area contributed by atoms with Crippen LogP contribution in [0.15, 0.2) is 81.5 Å². The number of hydrogen-bond donors (Lipinski definition) is 1. The average Bonchev–Trinajstić information content (AvgIpc) is 2.92. The minimum Gasteiger partial charge on any atom is -0.472 e. The van der Waals surface area contributed by atoms with Crippen molar-refractivity contribution in [1.82, 2.24) is 14.6 Å². The Morgan fingerprint density at radius 3 is 2.12 bits per heavy atom. The summed E-state index contributed by atoms with van der Waals surface area (Å²) in [6, 6.07) is 11.1. The smallest absolute Gasteiger partial charge is 0.417 e. The van der Waals surface area contributed by atoms with Gasteiger partial charge in [0, 0.05) is 31.4 Å². The molecule has 0 unspecified atom stereocenters. The second-order valence-electron chi connectivity index (χ2n) is 10.8. The van der Waals surface area contributed by atoms with Crippen LogP contribution in [0.2, 0.25) is 0 Å². The summed E-state index contributed by atoms with van der Waals surface area (Å²) in [6.45, 7) is 5.86. The van der Waals surface area contributed by atoms with Crippen LogP contribution in [0.4, 0.5) is 13.2 Å². The zero-order chi connectivity index (χ0) is 30.9. The highest BCUT2D eigenvalue weighted by atomic mass is 32.2. The van der Waals surface area contributed by atoms with Crippen LogP contribution < -0.4 is 9.46 Å². The maximum atomic E-state index is 13.8. The molecule has 226 valence electrons. The molecule has 0 radical (unpaired) electrons. The summed E-state index contributed by atoms with van der Waals surface area (Å²) in [4.78, 5) is 16.6. The van der Waals surface area contributed by atoms with Gasteiger partial charge in [-0.1, -0.05) is 18.2 Å². The minimum absolute atomic E-state index is 0.132. The first-order chi connectivity index (χ1) is 19.5. The number of likely N-dealkylation sites (tertiary alicyclic amines) is 1. The normalized spacial score (nSPS) is 15.4. The number of hydrogen-bond acceptors (Lipinski definition) is 7. The van der Waals surface area contributed by atoms with Crippen molar-refractivity contribution in [3.05, 3.63) is 78.0 Å². The molecule has 14 heteroatoms. The zero-order valence-corrected chi connectivity index (χ0v) is 24.7. The maximum absolute atomic E-state index is 13.8. The number of halogens is 3. The summed E-state index contributed by atoms with van der Waals surface area (Å²) in [6.07, 6.45) is -3.41. The van der Waals surface area contributed by atoms with Gasteiger partial charge in [0.25, 0.3) is 5.91 Å². The SMILES string of the molecule is CC(C)(C)Oc1ccc(C(=O)N2CCC(NS(=O)(=O)c3cc(S(=O)(=O)c4ccccc4)ccc3C(F)(F)F)CC2)cn1. The lowest BCUT2D eigenvalue weighted by Crippen LogP contribution is -2.46. The number of nitrogens with zero attached hydrogens (tertiary/aromatic N) is 2. The Kier molecular flexibility index (Phi) is 8.72. The van der Waals surface area contributed by atoms with Gasteiger partial charge in [-0.2, -0.15) is 13.2 Å². The van der Waals surface area contributed by atoms with Gasteiger partial charge in [0.05, 0.1) is 25.8 Å². The lowest BCUT2D eigenvalue weighted by molar-refractivity contribution is -0.140. The van der Waals surface area contributed by atoms with Gasteiger partial charge in [0.1, 0.15) is 5.60 Å². The van der Waals surface area contributed by atoms with Crippen LogP contribution in [0.3, 0.4) is 0 Å². The molecular formula is C28H30F3N3O6S2. The summed E-state index contributed by atoms with van der Waals surface area (Å²) in [5.41, 5.74) is -1.64. The third kappa shape index (κ3) is 7.28. The number of carbonyl (C=O) groups excluding carboxylic acids is 1. The Hall–Kier alpha value is -3.49. The van der Waals surface area contributed by atoms with Gasteiger partial charge in [-0.15, -0.1) is 0 Å². The largest absolute Gasteiger partial charge is 0.472 e. The number of benzene rings is 2. The molecule has 0 saturated carbocycles. The molecule has 0 bridgehead atoms. The van der Waals surface area contributed by atoms with E-state index >= 15 is 0 Å². The van der Waals surface area contributed by atoms with E-state index in [1.54, 1.807) is 18.2 Å². The Morgan fingerprint density at radius 1 is 0.929 bits per heavy atom. The Morgan fingerprint density at radius 2 is 1.57 bits per heavy atom. The van der Waals surface area contributed by atoms with Crippen molar-refractivity contribution >= 4 is 25.8 Å². The van der Waals surface area contributed by atoms with Gasteiger partial charge < -0.3 is 9.64 Å². The van der Waals surface area contributed by atoms with E-state index in [1.165, 1.54) is 35.4 Å². The number of rotatable bonds is 7. The quantitative estimate of drug-likeness (QED) is 0.404. The zero-order valence-electron chi connectivity index (χ0n) is 23.1.